The summed E-state index contributed by atoms with van der Waals surface area (Å²) in [5.74, 6) is 0. The van der Waals surface area contributed by atoms with Crippen molar-refractivity contribution in [3.8, 4) is 0 Å². The van der Waals surface area contributed by atoms with Crippen molar-refractivity contribution in [2.24, 2.45) is 5.73 Å². The highest BCUT2D eigenvalue weighted by Gasteiger charge is 2.42. The smallest absolute Gasteiger partial charge is 0.0363 e. The van der Waals surface area contributed by atoms with Crippen molar-refractivity contribution in [3.63, 3.8) is 0 Å². The highest BCUT2D eigenvalue weighted by Crippen LogP contribution is 2.38. The molecular formula is C14H28N2. The second-order valence-corrected chi connectivity index (χ2v) is 5.25. The molecule has 0 aromatic heterocycles. The van der Waals surface area contributed by atoms with Crippen LogP contribution in [0.3, 0.4) is 0 Å². The lowest BCUT2D eigenvalue weighted by Gasteiger charge is -2.45. The standard InChI is InChI=1S/C14H28N2/c1-5-16(6-2)14(9-7-8-10-14)13(15)11-12(3)4/h13H,3,5-11,15H2,1-2,4H3. The van der Waals surface area contributed by atoms with Crippen LogP contribution in [0.4, 0.5) is 0 Å². The van der Waals surface area contributed by atoms with Crippen molar-refractivity contribution < 1.29 is 0 Å². The van der Waals surface area contributed by atoms with E-state index in [4.69, 9.17) is 5.73 Å². The Morgan fingerprint density at radius 3 is 2.19 bits per heavy atom. The van der Waals surface area contributed by atoms with E-state index in [2.05, 4.69) is 32.3 Å². The van der Waals surface area contributed by atoms with Crippen LogP contribution in [0.1, 0.15) is 52.9 Å². The van der Waals surface area contributed by atoms with Gasteiger partial charge in [0.1, 0.15) is 0 Å². The SMILES string of the molecule is C=C(C)CC(N)C1(N(CC)CC)CCCC1. The highest BCUT2D eigenvalue weighted by atomic mass is 15.2. The second kappa shape index (κ2) is 5.83. The molecule has 0 aromatic rings. The Morgan fingerprint density at radius 1 is 1.31 bits per heavy atom. The van der Waals surface area contributed by atoms with Gasteiger partial charge in [-0.15, -0.1) is 6.58 Å². The Labute approximate surface area is 101 Å². The van der Waals surface area contributed by atoms with E-state index >= 15 is 0 Å². The normalized spacial score (nSPS) is 21.3. The molecular weight excluding hydrogens is 196 g/mol. The molecule has 0 aliphatic heterocycles. The van der Waals surface area contributed by atoms with Gasteiger partial charge in [-0.25, -0.2) is 0 Å². The van der Waals surface area contributed by atoms with Gasteiger partial charge in [0.2, 0.25) is 0 Å². The van der Waals surface area contributed by atoms with Gasteiger partial charge in [-0.2, -0.15) is 0 Å². The van der Waals surface area contributed by atoms with E-state index in [-0.39, 0.29) is 11.6 Å². The van der Waals surface area contributed by atoms with Gasteiger partial charge in [-0.1, -0.05) is 32.3 Å². The minimum absolute atomic E-state index is 0.252. The van der Waals surface area contributed by atoms with Crippen LogP contribution in [0.5, 0.6) is 0 Å². The summed E-state index contributed by atoms with van der Waals surface area (Å²) in [7, 11) is 0. The van der Waals surface area contributed by atoms with Crippen LogP contribution in [-0.2, 0) is 0 Å². The van der Waals surface area contributed by atoms with Gasteiger partial charge in [0.15, 0.2) is 0 Å². The quantitative estimate of drug-likeness (QED) is 0.703. The molecule has 0 amide bonds. The third-order valence-electron chi connectivity index (χ3n) is 4.12. The third kappa shape index (κ3) is 2.67. The number of hydrogen-bond donors (Lipinski definition) is 1. The lowest BCUT2D eigenvalue weighted by molar-refractivity contribution is 0.0772. The fourth-order valence-electron chi connectivity index (χ4n) is 3.33. The first-order chi connectivity index (χ1) is 7.56. The summed E-state index contributed by atoms with van der Waals surface area (Å²) in [6.07, 6.45) is 6.17. The molecule has 1 rings (SSSR count). The molecule has 94 valence electrons. The van der Waals surface area contributed by atoms with E-state index in [0.29, 0.717) is 0 Å². The first-order valence-corrected chi connectivity index (χ1v) is 6.71. The summed E-state index contributed by atoms with van der Waals surface area (Å²) in [5, 5.41) is 0. The fraction of sp³-hybridized carbons (Fsp3) is 0.857. The first kappa shape index (κ1) is 13.7. The molecule has 1 saturated carbocycles. The first-order valence-electron chi connectivity index (χ1n) is 6.71. The van der Waals surface area contributed by atoms with Gasteiger partial charge >= 0.3 is 0 Å². The minimum atomic E-state index is 0.252. The van der Waals surface area contributed by atoms with Gasteiger partial charge < -0.3 is 5.73 Å². The van der Waals surface area contributed by atoms with E-state index in [9.17, 15) is 0 Å². The molecule has 1 atom stereocenters. The van der Waals surface area contributed by atoms with Crippen molar-refractivity contribution in [2.45, 2.75) is 64.5 Å². The highest BCUT2D eigenvalue weighted by molar-refractivity contribution is 5.06. The van der Waals surface area contributed by atoms with Crippen LogP contribution in [0.2, 0.25) is 0 Å². The van der Waals surface area contributed by atoms with E-state index in [1.165, 1.54) is 31.3 Å². The Morgan fingerprint density at radius 2 is 1.81 bits per heavy atom. The van der Waals surface area contributed by atoms with Crippen LogP contribution < -0.4 is 5.73 Å². The monoisotopic (exact) mass is 224 g/mol. The fourth-order valence-corrected chi connectivity index (χ4v) is 3.33. The topological polar surface area (TPSA) is 29.3 Å². The van der Waals surface area contributed by atoms with Gasteiger partial charge in [-0.3, -0.25) is 4.90 Å². The van der Waals surface area contributed by atoms with Crippen molar-refractivity contribution in [2.75, 3.05) is 13.1 Å². The lowest BCUT2D eigenvalue weighted by atomic mass is 9.83. The summed E-state index contributed by atoms with van der Waals surface area (Å²) >= 11 is 0. The molecule has 0 bridgehead atoms. The summed E-state index contributed by atoms with van der Waals surface area (Å²) < 4.78 is 0. The van der Waals surface area contributed by atoms with Crippen LogP contribution in [0, 0.1) is 0 Å². The molecule has 0 spiro atoms. The summed E-state index contributed by atoms with van der Waals surface area (Å²) in [4.78, 5) is 2.58. The molecule has 2 nitrogen and oxygen atoms in total. The molecule has 0 aromatic carbocycles. The number of rotatable bonds is 6. The van der Waals surface area contributed by atoms with Gasteiger partial charge in [0, 0.05) is 11.6 Å². The molecule has 0 radical (unpaired) electrons. The van der Waals surface area contributed by atoms with Gasteiger partial charge in [0.25, 0.3) is 0 Å². The van der Waals surface area contributed by atoms with Crippen LogP contribution in [0.15, 0.2) is 12.2 Å². The van der Waals surface area contributed by atoms with Gasteiger partial charge in [-0.05, 0) is 39.3 Å². The number of nitrogens with two attached hydrogens (primary N) is 1. The second-order valence-electron chi connectivity index (χ2n) is 5.25. The summed E-state index contributed by atoms with van der Waals surface area (Å²) in [6, 6.07) is 0.257. The average molecular weight is 224 g/mol. The maximum Gasteiger partial charge on any atom is 0.0363 e. The zero-order valence-corrected chi connectivity index (χ0v) is 11.3. The van der Waals surface area contributed by atoms with Gasteiger partial charge in [0.05, 0.1) is 0 Å². The predicted molar refractivity (Wildman–Crippen MR) is 71.5 cm³/mol. The largest absolute Gasteiger partial charge is 0.326 e. The number of likely N-dealkylation sites (N-methyl/N-ethyl adjacent to an activating group) is 1. The molecule has 1 aliphatic rings. The van der Waals surface area contributed by atoms with Crippen LogP contribution in [0.25, 0.3) is 0 Å². The van der Waals surface area contributed by atoms with Crippen molar-refractivity contribution >= 4 is 0 Å². The summed E-state index contributed by atoms with van der Waals surface area (Å²) in [6.45, 7) is 12.8. The van der Waals surface area contributed by atoms with E-state index < -0.39 is 0 Å². The average Bonchev–Trinajstić information content (AvgIpc) is 2.69. The third-order valence-corrected chi connectivity index (χ3v) is 4.12. The Balaban J connectivity index is 2.82. The predicted octanol–water partition coefficient (Wildman–Crippen LogP) is 2.93. The Bertz CT molecular complexity index is 225. The maximum absolute atomic E-state index is 6.46. The Kier molecular flexibility index (Phi) is 5.00. The molecule has 16 heavy (non-hydrogen) atoms. The maximum atomic E-state index is 6.46. The zero-order chi connectivity index (χ0) is 12.2. The van der Waals surface area contributed by atoms with Crippen LogP contribution in [-0.4, -0.2) is 29.6 Å². The molecule has 2 N–H and O–H groups in total. The van der Waals surface area contributed by atoms with Crippen LogP contribution >= 0.6 is 0 Å². The van der Waals surface area contributed by atoms with E-state index in [0.717, 1.165) is 19.5 Å². The molecule has 1 aliphatic carbocycles. The molecule has 1 fully saturated rings. The molecule has 1 unspecified atom stereocenters. The molecule has 2 heteroatoms. The number of nitrogens with zero attached hydrogens (tertiary/aromatic N) is 1. The Hall–Kier alpha value is -0.340. The van der Waals surface area contributed by atoms with Crippen molar-refractivity contribution in [1.82, 2.24) is 4.90 Å². The molecule has 0 heterocycles. The zero-order valence-electron chi connectivity index (χ0n) is 11.3. The van der Waals surface area contributed by atoms with E-state index in [1.807, 2.05) is 0 Å². The van der Waals surface area contributed by atoms with E-state index in [1.54, 1.807) is 0 Å². The minimum Gasteiger partial charge on any atom is -0.326 e. The lowest BCUT2D eigenvalue weighted by Crippen LogP contribution is -2.58. The van der Waals surface area contributed by atoms with Crippen molar-refractivity contribution in [1.29, 1.82) is 0 Å². The number of hydrogen-bond acceptors (Lipinski definition) is 2. The van der Waals surface area contributed by atoms with Crippen molar-refractivity contribution in [3.05, 3.63) is 12.2 Å². The molecule has 0 saturated heterocycles. The summed E-state index contributed by atoms with van der Waals surface area (Å²) in [5.41, 5.74) is 7.93.